The van der Waals surface area contributed by atoms with Crippen molar-refractivity contribution in [2.45, 2.75) is 18.9 Å². The van der Waals surface area contributed by atoms with Gasteiger partial charge in [-0.25, -0.2) is 0 Å². The van der Waals surface area contributed by atoms with Gasteiger partial charge in [0.15, 0.2) is 0 Å². The highest BCUT2D eigenvalue weighted by Crippen LogP contribution is 2.33. The topological polar surface area (TPSA) is 77.8 Å². The SMILES string of the molecule is C=C1C(O)C2CCN1CC2.CS(=O)(=O)O. The molecule has 0 aromatic carbocycles. The molecule has 3 rings (SSSR count). The maximum Gasteiger partial charge on any atom is 0.261 e. The minimum atomic E-state index is -3.67. The summed E-state index contributed by atoms with van der Waals surface area (Å²) >= 11 is 0. The van der Waals surface area contributed by atoms with Crippen molar-refractivity contribution in [2.24, 2.45) is 5.92 Å². The molecule has 1 unspecified atom stereocenters. The van der Waals surface area contributed by atoms with E-state index in [-0.39, 0.29) is 6.10 Å². The van der Waals surface area contributed by atoms with Gasteiger partial charge in [0.1, 0.15) is 0 Å². The Hall–Kier alpha value is -0.590. The first-order valence-electron chi connectivity index (χ1n) is 4.83. The van der Waals surface area contributed by atoms with Gasteiger partial charge in [0.25, 0.3) is 10.1 Å². The molecule has 0 radical (unpaired) electrons. The molecular weight excluding hydrogens is 218 g/mol. The Morgan fingerprint density at radius 2 is 1.80 bits per heavy atom. The second-order valence-electron chi connectivity index (χ2n) is 3.99. The first kappa shape index (κ1) is 12.5. The zero-order chi connectivity index (χ0) is 11.6. The van der Waals surface area contributed by atoms with E-state index in [0.29, 0.717) is 12.2 Å². The Morgan fingerprint density at radius 3 is 2.00 bits per heavy atom. The van der Waals surface area contributed by atoms with E-state index >= 15 is 0 Å². The average Bonchev–Trinajstić information content (AvgIpc) is 2.11. The summed E-state index contributed by atoms with van der Waals surface area (Å²) in [4.78, 5) is 2.20. The number of hydrogen-bond donors (Lipinski definition) is 2. The molecule has 0 aromatic heterocycles. The van der Waals surface area contributed by atoms with E-state index in [4.69, 9.17) is 4.55 Å². The number of aliphatic hydroxyl groups is 1. The van der Waals surface area contributed by atoms with Gasteiger partial charge in [0.2, 0.25) is 0 Å². The fourth-order valence-corrected chi connectivity index (χ4v) is 1.96. The van der Waals surface area contributed by atoms with Gasteiger partial charge in [0.05, 0.1) is 12.4 Å². The van der Waals surface area contributed by atoms with E-state index in [0.717, 1.165) is 31.6 Å². The van der Waals surface area contributed by atoms with Crippen LogP contribution in [0.2, 0.25) is 0 Å². The van der Waals surface area contributed by atoms with Crippen LogP contribution in [-0.4, -0.2) is 48.4 Å². The highest BCUT2D eigenvalue weighted by molar-refractivity contribution is 7.85. The number of aliphatic hydroxyl groups excluding tert-OH is 1. The van der Waals surface area contributed by atoms with Gasteiger partial charge in [-0.1, -0.05) is 6.58 Å². The predicted octanol–water partition coefficient (Wildman–Crippen LogP) is 0.0906. The lowest BCUT2D eigenvalue weighted by molar-refractivity contribution is 0.0205. The number of hydrogen-bond acceptors (Lipinski definition) is 4. The van der Waals surface area contributed by atoms with Crippen molar-refractivity contribution in [2.75, 3.05) is 19.3 Å². The third-order valence-electron chi connectivity index (χ3n) is 2.73. The first-order valence-corrected chi connectivity index (χ1v) is 6.68. The Kier molecular flexibility index (Phi) is 3.75. The quantitative estimate of drug-likeness (QED) is 0.582. The fourth-order valence-electron chi connectivity index (χ4n) is 1.96. The molecule has 0 spiro atoms. The van der Waals surface area contributed by atoms with E-state index in [2.05, 4.69) is 11.5 Å². The monoisotopic (exact) mass is 235 g/mol. The van der Waals surface area contributed by atoms with Crippen LogP contribution in [0.1, 0.15) is 12.8 Å². The van der Waals surface area contributed by atoms with Crippen LogP contribution in [0.5, 0.6) is 0 Å². The number of piperidine rings is 3. The van der Waals surface area contributed by atoms with E-state index in [1.54, 1.807) is 0 Å². The normalized spacial score (nSPS) is 29.8. The van der Waals surface area contributed by atoms with Crippen LogP contribution in [0, 0.1) is 5.92 Å². The van der Waals surface area contributed by atoms with Crippen molar-refractivity contribution in [3.05, 3.63) is 12.3 Å². The van der Waals surface area contributed by atoms with E-state index in [1.807, 2.05) is 0 Å². The van der Waals surface area contributed by atoms with Gasteiger partial charge >= 0.3 is 0 Å². The Labute approximate surface area is 90.1 Å². The third kappa shape index (κ3) is 3.81. The molecule has 3 saturated heterocycles. The summed E-state index contributed by atoms with van der Waals surface area (Å²) in [5, 5.41) is 9.53. The van der Waals surface area contributed by atoms with Gasteiger partial charge in [-0.05, 0) is 18.8 Å². The highest BCUT2D eigenvalue weighted by Gasteiger charge is 2.35. The van der Waals surface area contributed by atoms with Gasteiger partial charge in [-0.2, -0.15) is 8.42 Å². The summed E-state index contributed by atoms with van der Waals surface area (Å²) in [5.41, 5.74) is 0.947. The maximum absolute atomic E-state index is 9.53. The summed E-state index contributed by atoms with van der Waals surface area (Å²) in [6.07, 6.45) is 2.79. The molecule has 2 N–H and O–H groups in total. The minimum absolute atomic E-state index is 0.234. The zero-order valence-electron chi connectivity index (χ0n) is 8.76. The molecule has 2 bridgehead atoms. The minimum Gasteiger partial charge on any atom is -0.387 e. The molecule has 3 aliphatic heterocycles. The number of nitrogens with zero attached hydrogens (tertiary/aromatic N) is 1. The number of rotatable bonds is 0. The summed E-state index contributed by atoms with van der Waals surface area (Å²) in [5.74, 6) is 0.512. The van der Waals surface area contributed by atoms with Crippen LogP contribution in [0.15, 0.2) is 12.3 Å². The molecule has 3 aliphatic rings. The molecule has 3 heterocycles. The second-order valence-corrected chi connectivity index (χ2v) is 5.46. The van der Waals surface area contributed by atoms with Gasteiger partial charge in [0, 0.05) is 18.8 Å². The molecular formula is C9H17NO4S. The zero-order valence-corrected chi connectivity index (χ0v) is 9.57. The van der Waals surface area contributed by atoms with E-state index in [1.165, 1.54) is 0 Å². The van der Waals surface area contributed by atoms with Gasteiger partial charge in [-0.3, -0.25) is 4.55 Å². The van der Waals surface area contributed by atoms with Crippen LogP contribution >= 0.6 is 0 Å². The third-order valence-corrected chi connectivity index (χ3v) is 2.73. The molecule has 0 aliphatic carbocycles. The lowest BCUT2D eigenvalue weighted by Gasteiger charge is -2.45. The van der Waals surface area contributed by atoms with Crippen molar-refractivity contribution < 1.29 is 18.1 Å². The molecule has 5 nitrogen and oxygen atoms in total. The predicted molar refractivity (Wildman–Crippen MR) is 56.9 cm³/mol. The molecule has 0 saturated carbocycles. The molecule has 0 amide bonds. The van der Waals surface area contributed by atoms with Crippen LogP contribution in [0.3, 0.4) is 0 Å². The molecule has 88 valence electrons. The van der Waals surface area contributed by atoms with Gasteiger partial charge < -0.3 is 10.0 Å². The van der Waals surface area contributed by atoms with Crippen molar-refractivity contribution in [1.29, 1.82) is 0 Å². The smallest absolute Gasteiger partial charge is 0.261 e. The average molecular weight is 235 g/mol. The van der Waals surface area contributed by atoms with E-state index in [9.17, 15) is 13.5 Å². The molecule has 0 aromatic rings. The summed E-state index contributed by atoms with van der Waals surface area (Å²) < 4.78 is 25.9. The van der Waals surface area contributed by atoms with Crippen molar-refractivity contribution in [3.8, 4) is 0 Å². The van der Waals surface area contributed by atoms with E-state index < -0.39 is 10.1 Å². The largest absolute Gasteiger partial charge is 0.387 e. The maximum atomic E-state index is 9.53. The summed E-state index contributed by atoms with van der Waals surface area (Å²) in [6, 6.07) is 0. The van der Waals surface area contributed by atoms with Crippen LogP contribution in [-0.2, 0) is 10.1 Å². The van der Waals surface area contributed by atoms with Crippen molar-refractivity contribution in [3.63, 3.8) is 0 Å². The fraction of sp³-hybridized carbons (Fsp3) is 0.778. The molecule has 6 heteroatoms. The summed E-state index contributed by atoms with van der Waals surface area (Å²) in [7, 11) is -3.67. The van der Waals surface area contributed by atoms with Gasteiger partial charge in [-0.15, -0.1) is 0 Å². The van der Waals surface area contributed by atoms with Crippen molar-refractivity contribution in [1.82, 2.24) is 4.90 Å². The lowest BCUT2D eigenvalue weighted by atomic mass is 9.84. The first-order chi connectivity index (χ1) is 6.79. The van der Waals surface area contributed by atoms with Crippen LogP contribution in [0.25, 0.3) is 0 Å². The van der Waals surface area contributed by atoms with Crippen molar-refractivity contribution >= 4 is 10.1 Å². The Bertz CT molecular complexity index is 318. The van der Waals surface area contributed by atoms with Crippen LogP contribution in [0.4, 0.5) is 0 Å². The van der Waals surface area contributed by atoms with Crippen LogP contribution < -0.4 is 0 Å². The second kappa shape index (κ2) is 4.51. The molecule has 1 atom stereocenters. The highest BCUT2D eigenvalue weighted by atomic mass is 32.2. The lowest BCUT2D eigenvalue weighted by Crippen LogP contribution is -2.47. The Balaban J connectivity index is 0.000000195. The molecule has 3 fully saturated rings. The summed E-state index contributed by atoms with van der Waals surface area (Å²) in [6.45, 7) is 6.08. The number of fused-ring (bicyclic) bond motifs is 3. The molecule has 15 heavy (non-hydrogen) atoms. The standard InChI is InChI=1S/C8H13NO.CH4O3S/c1-6-8(10)7-2-4-9(6)5-3-7;1-5(2,3)4/h7-8,10H,1-5H2;1H3,(H,2,3,4). The Morgan fingerprint density at radius 1 is 1.40 bits per heavy atom.